The Hall–Kier alpha value is -4.01. The lowest BCUT2D eigenvalue weighted by atomic mass is 10.1. The van der Waals surface area contributed by atoms with Crippen LogP contribution in [0.2, 0.25) is 0 Å². The molecule has 0 saturated heterocycles. The SMILES string of the molecule is CN(C)c1cc(CNC(=O)c2ccc(NC(=O)c3cc(F)cc(F)c3)cc2O)ccn1. The summed E-state index contributed by atoms with van der Waals surface area (Å²) in [7, 11) is 3.71. The third-order valence-electron chi connectivity index (χ3n) is 4.35. The van der Waals surface area contributed by atoms with E-state index in [1.54, 1.807) is 12.3 Å². The number of phenols is 1. The summed E-state index contributed by atoms with van der Waals surface area (Å²) in [5.74, 6) is -2.65. The normalized spacial score (nSPS) is 10.5. The fourth-order valence-electron chi connectivity index (χ4n) is 2.78. The third-order valence-corrected chi connectivity index (χ3v) is 4.35. The van der Waals surface area contributed by atoms with Crippen LogP contribution < -0.4 is 15.5 Å². The molecule has 1 heterocycles. The van der Waals surface area contributed by atoms with Gasteiger partial charge in [-0.1, -0.05) is 0 Å². The molecule has 0 saturated carbocycles. The minimum Gasteiger partial charge on any atom is -0.507 e. The molecule has 160 valence electrons. The molecule has 0 aliphatic rings. The number of anilines is 2. The Kier molecular flexibility index (Phi) is 6.44. The second-order valence-corrected chi connectivity index (χ2v) is 6.94. The second-order valence-electron chi connectivity index (χ2n) is 6.94. The molecule has 7 nitrogen and oxygen atoms in total. The zero-order valence-corrected chi connectivity index (χ0v) is 16.8. The van der Waals surface area contributed by atoms with Crippen molar-refractivity contribution in [3.05, 3.63) is 83.1 Å². The van der Waals surface area contributed by atoms with E-state index in [4.69, 9.17) is 0 Å². The molecule has 0 fully saturated rings. The van der Waals surface area contributed by atoms with E-state index in [1.165, 1.54) is 18.2 Å². The Morgan fingerprint density at radius 2 is 1.71 bits per heavy atom. The molecule has 0 bridgehead atoms. The lowest BCUT2D eigenvalue weighted by Gasteiger charge is -2.13. The van der Waals surface area contributed by atoms with Crippen molar-refractivity contribution in [3.63, 3.8) is 0 Å². The maximum atomic E-state index is 13.3. The Balaban J connectivity index is 1.66. The quantitative estimate of drug-likeness (QED) is 0.562. The van der Waals surface area contributed by atoms with Crippen LogP contribution in [0.1, 0.15) is 26.3 Å². The number of nitrogens with one attached hydrogen (secondary N) is 2. The molecule has 0 radical (unpaired) electrons. The summed E-state index contributed by atoms with van der Waals surface area (Å²) in [4.78, 5) is 30.6. The lowest BCUT2D eigenvalue weighted by Crippen LogP contribution is -2.23. The molecule has 0 spiro atoms. The largest absolute Gasteiger partial charge is 0.507 e. The van der Waals surface area contributed by atoms with Gasteiger partial charge in [-0.3, -0.25) is 9.59 Å². The number of carbonyl (C=O) groups is 2. The van der Waals surface area contributed by atoms with E-state index in [-0.39, 0.29) is 29.1 Å². The average molecular weight is 426 g/mol. The summed E-state index contributed by atoms with van der Waals surface area (Å²) in [5.41, 5.74) is 0.788. The van der Waals surface area contributed by atoms with Gasteiger partial charge in [-0.05, 0) is 42.0 Å². The van der Waals surface area contributed by atoms with Gasteiger partial charge in [0.2, 0.25) is 0 Å². The van der Waals surface area contributed by atoms with Crippen LogP contribution in [-0.4, -0.2) is 36.0 Å². The molecule has 0 unspecified atom stereocenters. The number of hydrogen-bond donors (Lipinski definition) is 3. The molecular formula is C22H20F2N4O3. The maximum Gasteiger partial charge on any atom is 0.255 e. The van der Waals surface area contributed by atoms with Crippen molar-refractivity contribution in [3.8, 4) is 5.75 Å². The van der Waals surface area contributed by atoms with Crippen molar-refractivity contribution in [1.82, 2.24) is 10.3 Å². The zero-order chi connectivity index (χ0) is 22.5. The van der Waals surface area contributed by atoms with Crippen LogP contribution in [0.15, 0.2) is 54.7 Å². The van der Waals surface area contributed by atoms with E-state index in [0.717, 1.165) is 23.5 Å². The van der Waals surface area contributed by atoms with E-state index in [1.807, 2.05) is 25.1 Å². The van der Waals surface area contributed by atoms with Gasteiger partial charge < -0.3 is 20.6 Å². The fourth-order valence-corrected chi connectivity index (χ4v) is 2.78. The number of rotatable bonds is 6. The van der Waals surface area contributed by atoms with Crippen molar-refractivity contribution < 1.29 is 23.5 Å². The lowest BCUT2D eigenvalue weighted by molar-refractivity contribution is 0.0947. The molecule has 0 atom stereocenters. The summed E-state index contributed by atoms with van der Waals surface area (Å²) in [6.07, 6.45) is 1.64. The van der Waals surface area contributed by atoms with E-state index in [2.05, 4.69) is 15.6 Å². The van der Waals surface area contributed by atoms with Crippen LogP contribution in [0.25, 0.3) is 0 Å². The highest BCUT2D eigenvalue weighted by Gasteiger charge is 2.14. The molecule has 3 N–H and O–H groups in total. The van der Waals surface area contributed by atoms with Crippen LogP contribution in [0.3, 0.4) is 0 Å². The van der Waals surface area contributed by atoms with Gasteiger partial charge in [0.1, 0.15) is 23.2 Å². The molecule has 0 aliphatic heterocycles. The molecule has 2 aromatic carbocycles. The number of aromatic nitrogens is 1. The molecule has 0 aliphatic carbocycles. The molecule has 2 amide bonds. The average Bonchev–Trinajstić information content (AvgIpc) is 2.71. The zero-order valence-electron chi connectivity index (χ0n) is 16.8. The number of carbonyl (C=O) groups excluding carboxylic acids is 2. The van der Waals surface area contributed by atoms with E-state index < -0.39 is 23.4 Å². The molecule has 31 heavy (non-hydrogen) atoms. The number of halogens is 2. The maximum absolute atomic E-state index is 13.3. The number of benzene rings is 2. The first-order valence-electron chi connectivity index (χ1n) is 9.24. The number of hydrogen-bond acceptors (Lipinski definition) is 5. The van der Waals surface area contributed by atoms with Crippen LogP contribution >= 0.6 is 0 Å². The summed E-state index contributed by atoms with van der Waals surface area (Å²) < 4.78 is 26.6. The summed E-state index contributed by atoms with van der Waals surface area (Å²) in [6.45, 7) is 0.227. The summed E-state index contributed by atoms with van der Waals surface area (Å²) in [5, 5.41) is 15.3. The van der Waals surface area contributed by atoms with Crippen LogP contribution in [0.5, 0.6) is 5.75 Å². The number of aromatic hydroxyl groups is 1. The van der Waals surface area contributed by atoms with E-state index in [9.17, 15) is 23.5 Å². The summed E-state index contributed by atoms with van der Waals surface area (Å²) in [6, 6.07) is 9.95. The number of pyridine rings is 1. The Labute approximate surface area is 177 Å². The van der Waals surface area contributed by atoms with Gasteiger partial charge in [0, 0.05) is 50.2 Å². The number of phenolic OH excluding ortho intramolecular Hbond substituents is 1. The van der Waals surface area contributed by atoms with Crippen LogP contribution in [0, 0.1) is 11.6 Å². The smallest absolute Gasteiger partial charge is 0.255 e. The van der Waals surface area contributed by atoms with Gasteiger partial charge in [-0.25, -0.2) is 13.8 Å². The minimum absolute atomic E-state index is 0.0108. The van der Waals surface area contributed by atoms with Gasteiger partial charge in [0.05, 0.1) is 5.56 Å². The second kappa shape index (κ2) is 9.21. The molecule has 1 aromatic heterocycles. The third kappa shape index (κ3) is 5.53. The molecule has 3 rings (SSSR count). The standard InChI is InChI=1S/C22H20F2N4O3/c1-28(2)20-7-13(5-6-25-20)12-26-22(31)18-4-3-17(11-19(18)29)27-21(30)14-8-15(23)10-16(24)9-14/h3-11,29H,12H2,1-2H3,(H,26,31)(H,27,30). The predicted octanol–water partition coefficient (Wildman–Crippen LogP) is 3.31. The first kappa shape index (κ1) is 21.7. The van der Waals surface area contributed by atoms with Crippen molar-refractivity contribution in [2.24, 2.45) is 0 Å². The molecule has 3 aromatic rings. The van der Waals surface area contributed by atoms with Gasteiger partial charge in [-0.2, -0.15) is 0 Å². The Bertz CT molecular complexity index is 1120. The molecule has 9 heteroatoms. The summed E-state index contributed by atoms with van der Waals surface area (Å²) >= 11 is 0. The highest BCUT2D eigenvalue weighted by atomic mass is 19.1. The Morgan fingerprint density at radius 1 is 1.00 bits per heavy atom. The van der Waals surface area contributed by atoms with Crippen molar-refractivity contribution in [1.29, 1.82) is 0 Å². The highest BCUT2D eigenvalue weighted by Crippen LogP contribution is 2.23. The molecular weight excluding hydrogens is 406 g/mol. The topological polar surface area (TPSA) is 94.6 Å². The van der Waals surface area contributed by atoms with Crippen molar-refractivity contribution in [2.45, 2.75) is 6.54 Å². The number of nitrogens with zero attached hydrogens (tertiary/aromatic N) is 2. The van der Waals surface area contributed by atoms with Crippen LogP contribution in [0.4, 0.5) is 20.3 Å². The van der Waals surface area contributed by atoms with Gasteiger partial charge in [-0.15, -0.1) is 0 Å². The Morgan fingerprint density at radius 3 is 2.35 bits per heavy atom. The first-order chi connectivity index (χ1) is 14.7. The first-order valence-corrected chi connectivity index (χ1v) is 9.24. The predicted molar refractivity (Wildman–Crippen MR) is 112 cm³/mol. The van der Waals surface area contributed by atoms with Crippen molar-refractivity contribution >= 4 is 23.3 Å². The highest BCUT2D eigenvalue weighted by molar-refractivity contribution is 6.05. The van der Waals surface area contributed by atoms with E-state index in [0.29, 0.717) is 6.07 Å². The monoisotopic (exact) mass is 426 g/mol. The van der Waals surface area contributed by atoms with Gasteiger partial charge in [0.15, 0.2) is 0 Å². The van der Waals surface area contributed by atoms with E-state index >= 15 is 0 Å². The van der Waals surface area contributed by atoms with Gasteiger partial charge in [0.25, 0.3) is 11.8 Å². The van der Waals surface area contributed by atoms with Gasteiger partial charge >= 0.3 is 0 Å². The van der Waals surface area contributed by atoms with Crippen molar-refractivity contribution in [2.75, 3.05) is 24.3 Å². The minimum atomic E-state index is -0.882. The van der Waals surface area contributed by atoms with Crippen LogP contribution in [-0.2, 0) is 6.54 Å². The number of amides is 2. The fraction of sp³-hybridized carbons (Fsp3) is 0.136.